The molecule has 0 aliphatic heterocycles. The van der Waals surface area contributed by atoms with Crippen LogP contribution in [0.2, 0.25) is 5.02 Å². The lowest BCUT2D eigenvalue weighted by molar-refractivity contribution is 0.415. The summed E-state index contributed by atoms with van der Waals surface area (Å²) in [6.45, 7) is 0.403. The van der Waals surface area contributed by atoms with Crippen LogP contribution in [0.4, 0.5) is 0 Å². The van der Waals surface area contributed by atoms with Gasteiger partial charge >= 0.3 is 0 Å². The number of benzene rings is 2. The predicted molar refractivity (Wildman–Crippen MR) is 91.0 cm³/mol. The number of nitrogens with zero attached hydrogens (tertiary/aromatic N) is 2. The Hall–Kier alpha value is -2.59. The Morgan fingerprint density at radius 3 is 2.43 bits per heavy atom. The molecule has 4 nitrogen and oxygen atoms in total. The van der Waals surface area contributed by atoms with Gasteiger partial charge < -0.3 is 4.74 Å². The SMILES string of the molecule is COc1ccc(-c2c(Cl)cnn(Cc3ccccc3)c2=O)cc1. The van der Waals surface area contributed by atoms with Crippen molar-refractivity contribution in [2.24, 2.45) is 0 Å². The van der Waals surface area contributed by atoms with Crippen molar-refractivity contribution in [3.8, 4) is 16.9 Å². The quantitative estimate of drug-likeness (QED) is 0.735. The molecule has 5 heteroatoms. The minimum atomic E-state index is -0.216. The molecule has 3 aromatic rings. The highest BCUT2D eigenvalue weighted by Crippen LogP contribution is 2.25. The molecule has 0 bridgehead atoms. The minimum absolute atomic E-state index is 0.216. The second-order valence-corrected chi connectivity index (χ2v) is 5.45. The van der Waals surface area contributed by atoms with Gasteiger partial charge in [-0.15, -0.1) is 0 Å². The van der Waals surface area contributed by atoms with Crippen molar-refractivity contribution >= 4 is 11.6 Å². The summed E-state index contributed by atoms with van der Waals surface area (Å²) < 4.78 is 6.56. The van der Waals surface area contributed by atoms with Crippen LogP contribution in [0.15, 0.2) is 65.6 Å². The molecule has 0 N–H and O–H groups in total. The van der Waals surface area contributed by atoms with Crippen LogP contribution in [0.25, 0.3) is 11.1 Å². The zero-order valence-electron chi connectivity index (χ0n) is 12.6. The summed E-state index contributed by atoms with van der Waals surface area (Å²) in [6, 6.07) is 16.9. The van der Waals surface area contributed by atoms with E-state index in [2.05, 4.69) is 5.10 Å². The first-order chi connectivity index (χ1) is 11.2. The molecule has 0 fully saturated rings. The van der Waals surface area contributed by atoms with Gasteiger partial charge in [-0.2, -0.15) is 5.10 Å². The Bertz CT molecular complexity index is 858. The fourth-order valence-electron chi connectivity index (χ4n) is 2.36. The molecule has 116 valence electrons. The molecule has 0 atom stereocenters. The van der Waals surface area contributed by atoms with E-state index >= 15 is 0 Å². The van der Waals surface area contributed by atoms with Gasteiger partial charge in [0.15, 0.2) is 0 Å². The highest BCUT2D eigenvalue weighted by Gasteiger charge is 2.12. The zero-order valence-corrected chi connectivity index (χ0v) is 13.3. The lowest BCUT2D eigenvalue weighted by atomic mass is 10.1. The van der Waals surface area contributed by atoms with Gasteiger partial charge in [0.2, 0.25) is 0 Å². The Morgan fingerprint density at radius 2 is 1.78 bits per heavy atom. The van der Waals surface area contributed by atoms with Gasteiger partial charge in [-0.05, 0) is 23.3 Å². The van der Waals surface area contributed by atoms with Crippen LogP contribution in [0.1, 0.15) is 5.56 Å². The molecule has 0 aliphatic carbocycles. The van der Waals surface area contributed by atoms with Crippen molar-refractivity contribution in [2.45, 2.75) is 6.54 Å². The standard InChI is InChI=1S/C18H15ClN2O2/c1-23-15-9-7-14(8-10-15)17-16(19)11-20-21(18(17)22)12-13-5-3-2-4-6-13/h2-11H,12H2,1H3. The van der Waals surface area contributed by atoms with E-state index in [4.69, 9.17) is 16.3 Å². The van der Waals surface area contributed by atoms with Crippen molar-refractivity contribution in [1.82, 2.24) is 9.78 Å². The van der Waals surface area contributed by atoms with Crippen LogP contribution in [-0.2, 0) is 6.54 Å². The molecular formula is C18H15ClN2O2. The summed E-state index contributed by atoms with van der Waals surface area (Å²) in [4.78, 5) is 12.7. The van der Waals surface area contributed by atoms with E-state index in [1.807, 2.05) is 42.5 Å². The van der Waals surface area contributed by atoms with E-state index in [0.29, 0.717) is 17.1 Å². The van der Waals surface area contributed by atoms with Crippen molar-refractivity contribution in [1.29, 1.82) is 0 Å². The molecule has 3 rings (SSSR count). The van der Waals surface area contributed by atoms with Gasteiger partial charge in [0.1, 0.15) is 5.75 Å². The largest absolute Gasteiger partial charge is 0.497 e. The van der Waals surface area contributed by atoms with E-state index < -0.39 is 0 Å². The molecule has 0 saturated heterocycles. The molecule has 1 heterocycles. The maximum absolute atomic E-state index is 12.7. The topological polar surface area (TPSA) is 44.1 Å². The lowest BCUT2D eigenvalue weighted by Crippen LogP contribution is -2.25. The van der Waals surface area contributed by atoms with Gasteiger partial charge in [0.05, 0.1) is 30.4 Å². The first-order valence-electron chi connectivity index (χ1n) is 7.13. The smallest absolute Gasteiger partial charge is 0.276 e. The Kier molecular flexibility index (Phi) is 4.44. The summed E-state index contributed by atoms with van der Waals surface area (Å²) in [6.07, 6.45) is 1.51. The van der Waals surface area contributed by atoms with Gasteiger partial charge in [0, 0.05) is 0 Å². The molecule has 2 aromatic carbocycles. The third-order valence-electron chi connectivity index (χ3n) is 3.55. The Balaban J connectivity index is 2.03. The van der Waals surface area contributed by atoms with Crippen LogP contribution in [0.3, 0.4) is 0 Å². The second kappa shape index (κ2) is 6.67. The summed E-state index contributed by atoms with van der Waals surface area (Å²) in [5, 5.41) is 4.48. The fraction of sp³-hybridized carbons (Fsp3) is 0.111. The molecule has 0 radical (unpaired) electrons. The first-order valence-corrected chi connectivity index (χ1v) is 7.51. The van der Waals surface area contributed by atoms with Crippen LogP contribution in [-0.4, -0.2) is 16.9 Å². The Morgan fingerprint density at radius 1 is 1.09 bits per heavy atom. The van der Waals surface area contributed by atoms with Crippen molar-refractivity contribution in [3.05, 3.63) is 81.7 Å². The molecular weight excluding hydrogens is 312 g/mol. The first kappa shape index (κ1) is 15.3. The fourth-order valence-corrected chi connectivity index (χ4v) is 2.59. The molecule has 0 amide bonds. The second-order valence-electron chi connectivity index (χ2n) is 5.04. The minimum Gasteiger partial charge on any atom is -0.497 e. The average molecular weight is 327 g/mol. The number of halogens is 1. The van der Waals surface area contributed by atoms with Gasteiger partial charge in [0.25, 0.3) is 5.56 Å². The highest BCUT2D eigenvalue weighted by molar-refractivity contribution is 6.33. The van der Waals surface area contributed by atoms with Crippen LogP contribution < -0.4 is 10.3 Å². The normalized spacial score (nSPS) is 10.5. The molecule has 23 heavy (non-hydrogen) atoms. The van der Waals surface area contributed by atoms with E-state index in [0.717, 1.165) is 16.9 Å². The molecule has 0 saturated carbocycles. The third kappa shape index (κ3) is 3.27. The van der Waals surface area contributed by atoms with Crippen molar-refractivity contribution < 1.29 is 4.74 Å². The number of hydrogen-bond acceptors (Lipinski definition) is 3. The Labute approximate surface area is 138 Å². The van der Waals surface area contributed by atoms with Gasteiger partial charge in [-0.25, -0.2) is 4.68 Å². The van der Waals surface area contributed by atoms with E-state index in [-0.39, 0.29) is 5.56 Å². The summed E-state index contributed by atoms with van der Waals surface area (Å²) in [5.41, 5.74) is 1.97. The number of methoxy groups -OCH3 is 1. The summed E-state index contributed by atoms with van der Waals surface area (Å²) >= 11 is 6.21. The van der Waals surface area contributed by atoms with Gasteiger partial charge in [-0.3, -0.25) is 4.79 Å². The molecule has 0 aliphatic rings. The molecule has 1 aromatic heterocycles. The maximum atomic E-state index is 12.7. The molecule has 0 spiro atoms. The van der Waals surface area contributed by atoms with Crippen molar-refractivity contribution in [3.63, 3.8) is 0 Å². The number of aromatic nitrogens is 2. The zero-order chi connectivity index (χ0) is 16.2. The number of ether oxygens (including phenoxy) is 1. The van der Waals surface area contributed by atoms with E-state index in [1.165, 1.54) is 10.9 Å². The summed E-state index contributed by atoms with van der Waals surface area (Å²) in [5.74, 6) is 0.725. The monoisotopic (exact) mass is 326 g/mol. The predicted octanol–water partition coefficient (Wildman–Crippen LogP) is 3.62. The van der Waals surface area contributed by atoms with E-state index in [9.17, 15) is 4.79 Å². The molecule has 0 unspecified atom stereocenters. The summed E-state index contributed by atoms with van der Waals surface area (Å²) in [7, 11) is 1.60. The maximum Gasteiger partial charge on any atom is 0.276 e. The van der Waals surface area contributed by atoms with E-state index in [1.54, 1.807) is 19.2 Å². The number of rotatable bonds is 4. The van der Waals surface area contributed by atoms with Crippen LogP contribution in [0, 0.1) is 0 Å². The van der Waals surface area contributed by atoms with Gasteiger partial charge in [-0.1, -0.05) is 54.1 Å². The lowest BCUT2D eigenvalue weighted by Gasteiger charge is -2.09. The van der Waals surface area contributed by atoms with Crippen LogP contribution >= 0.6 is 11.6 Å². The number of hydrogen-bond donors (Lipinski definition) is 0. The van der Waals surface area contributed by atoms with Crippen molar-refractivity contribution in [2.75, 3.05) is 7.11 Å². The highest BCUT2D eigenvalue weighted by atomic mass is 35.5. The van der Waals surface area contributed by atoms with Crippen LogP contribution in [0.5, 0.6) is 5.75 Å². The third-order valence-corrected chi connectivity index (χ3v) is 3.84. The average Bonchev–Trinajstić information content (AvgIpc) is 2.59.